The first-order valence-corrected chi connectivity index (χ1v) is 6.70. The highest BCUT2D eigenvalue weighted by Gasteiger charge is 2.30. The van der Waals surface area contributed by atoms with E-state index < -0.39 is 6.10 Å². The van der Waals surface area contributed by atoms with Crippen LogP contribution in [0.3, 0.4) is 0 Å². The largest absolute Gasteiger partial charge is 0.389 e. The summed E-state index contributed by atoms with van der Waals surface area (Å²) in [5, 5.41) is 13.4. The van der Waals surface area contributed by atoms with Crippen LogP contribution in [0.4, 0.5) is 0 Å². The van der Waals surface area contributed by atoms with Crippen molar-refractivity contribution >= 4 is 0 Å². The van der Waals surface area contributed by atoms with E-state index in [4.69, 9.17) is 9.47 Å². The Kier molecular flexibility index (Phi) is 6.52. The molecule has 108 valence electrons. The van der Waals surface area contributed by atoms with Crippen molar-refractivity contribution in [1.82, 2.24) is 10.2 Å². The SMILES string of the molecule is COCC(C)OCC(O)CN1CCNCC1(C)C. The number of aliphatic hydroxyl groups excluding tert-OH is 1. The minimum atomic E-state index is -0.443. The molecule has 1 heterocycles. The number of hydrogen-bond donors (Lipinski definition) is 2. The molecule has 5 nitrogen and oxygen atoms in total. The summed E-state index contributed by atoms with van der Waals surface area (Å²) in [6.07, 6.45) is -0.414. The Morgan fingerprint density at radius 1 is 1.39 bits per heavy atom. The number of hydrogen-bond acceptors (Lipinski definition) is 5. The van der Waals surface area contributed by atoms with Crippen LogP contribution in [0.5, 0.6) is 0 Å². The minimum Gasteiger partial charge on any atom is -0.389 e. The summed E-state index contributed by atoms with van der Waals surface area (Å²) in [7, 11) is 1.65. The van der Waals surface area contributed by atoms with Crippen molar-refractivity contribution in [2.24, 2.45) is 0 Å². The number of piperazine rings is 1. The maximum Gasteiger partial charge on any atom is 0.0900 e. The van der Waals surface area contributed by atoms with Gasteiger partial charge in [0.2, 0.25) is 0 Å². The van der Waals surface area contributed by atoms with E-state index in [1.807, 2.05) is 6.92 Å². The number of rotatable bonds is 7. The predicted molar refractivity (Wildman–Crippen MR) is 71.8 cm³/mol. The Hall–Kier alpha value is -0.200. The van der Waals surface area contributed by atoms with Crippen LogP contribution in [0.15, 0.2) is 0 Å². The highest BCUT2D eigenvalue weighted by Crippen LogP contribution is 2.16. The highest BCUT2D eigenvalue weighted by atomic mass is 16.5. The summed E-state index contributed by atoms with van der Waals surface area (Å²) in [6, 6.07) is 0. The quantitative estimate of drug-likeness (QED) is 0.679. The van der Waals surface area contributed by atoms with Crippen LogP contribution in [0.1, 0.15) is 20.8 Å². The van der Waals surface area contributed by atoms with E-state index in [9.17, 15) is 5.11 Å². The number of nitrogens with zero attached hydrogens (tertiary/aromatic N) is 1. The van der Waals surface area contributed by atoms with E-state index >= 15 is 0 Å². The first-order chi connectivity index (χ1) is 8.45. The lowest BCUT2D eigenvalue weighted by Gasteiger charge is -2.43. The normalized spacial score (nSPS) is 23.8. The van der Waals surface area contributed by atoms with Crippen LogP contribution in [0.2, 0.25) is 0 Å². The summed E-state index contributed by atoms with van der Waals surface area (Å²) in [5.41, 5.74) is 0.0946. The highest BCUT2D eigenvalue weighted by molar-refractivity contribution is 4.89. The molecule has 0 saturated carbocycles. The van der Waals surface area contributed by atoms with Gasteiger partial charge in [-0.2, -0.15) is 0 Å². The molecule has 0 aliphatic carbocycles. The number of β-amino-alcohol motifs (C(OH)–C–C–N with tert-alkyl or cyclic N) is 1. The lowest BCUT2D eigenvalue weighted by Crippen LogP contribution is -2.59. The van der Waals surface area contributed by atoms with Crippen molar-refractivity contribution in [3.8, 4) is 0 Å². The summed E-state index contributed by atoms with van der Waals surface area (Å²) in [6.45, 7) is 10.8. The molecule has 1 rings (SSSR count). The number of nitrogens with one attached hydrogen (secondary N) is 1. The van der Waals surface area contributed by atoms with Gasteiger partial charge in [-0.15, -0.1) is 0 Å². The number of aliphatic hydroxyl groups is 1. The van der Waals surface area contributed by atoms with Crippen molar-refractivity contribution in [3.63, 3.8) is 0 Å². The van der Waals surface area contributed by atoms with Gasteiger partial charge in [0, 0.05) is 38.8 Å². The topological polar surface area (TPSA) is 54.0 Å². The fraction of sp³-hybridized carbons (Fsp3) is 1.00. The van der Waals surface area contributed by atoms with E-state index in [0.29, 0.717) is 19.8 Å². The van der Waals surface area contributed by atoms with Gasteiger partial charge >= 0.3 is 0 Å². The first-order valence-electron chi connectivity index (χ1n) is 6.70. The third-order valence-electron chi connectivity index (χ3n) is 3.38. The Balaban J connectivity index is 2.28. The fourth-order valence-corrected chi connectivity index (χ4v) is 2.23. The molecule has 0 bridgehead atoms. The van der Waals surface area contributed by atoms with Crippen LogP contribution in [0, 0.1) is 0 Å². The van der Waals surface area contributed by atoms with E-state index in [-0.39, 0.29) is 11.6 Å². The van der Waals surface area contributed by atoms with Gasteiger partial charge in [-0.25, -0.2) is 0 Å². The van der Waals surface area contributed by atoms with Gasteiger partial charge in [0.05, 0.1) is 25.4 Å². The Labute approximate surface area is 110 Å². The Morgan fingerprint density at radius 2 is 2.11 bits per heavy atom. The van der Waals surface area contributed by atoms with Gasteiger partial charge in [-0.1, -0.05) is 0 Å². The maximum atomic E-state index is 10.0. The van der Waals surface area contributed by atoms with Crippen LogP contribution >= 0.6 is 0 Å². The Morgan fingerprint density at radius 3 is 2.72 bits per heavy atom. The molecule has 0 aromatic rings. The third-order valence-corrected chi connectivity index (χ3v) is 3.38. The van der Waals surface area contributed by atoms with Crippen LogP contribution < -0.4 is 5.32 Å². The standard InChI is InChI=1S/C13H28N2O3/c1-11(8-17-4)18-9-12(16)7-15-6-5-14-10-13(15,2)3/h11-12,14,16H,5-10H2,1-4H3. The summed E-state index contributed by atoms with van der Waals surface area (Å²) in [4.78, 5) is 2.32. The average molecular weight is 260 g/mol. The molecule has 1 aliphatic heterocycles. The molecule has 0 aromatic heterocycles. The average Bonchev–Trinajstić information content (AvgIpc) is 2.30. The Bertz CT molecular complexity index is 236. The van der Waals surface area contributed by atoms with Crippen LogP contribution in [0.25, 0.3) is 0 Å². The van der Waals surface area contributed by atoms with Crippen molar-refractivity contribution < 1.29 is 14.6 Å². The van der Waals surface area contributed by atoms with Crippen LogP contribution in [-0.2, 0) is 9.47 Å². The summed E-state index contributed by atoms with van der Waals surface area (Å²) < 4.78 is 10.5. The van der Waals surface area contributed by atoms with Gasteiger partial charge in [0.15, 0.2) is 0 Å². The van der Waals surface area contributed by atoms with E-state index in [0.717, 1.165) is 19.6 Å². The molecule has 0 radical (unpaired) electrons. The molecule has 0 amide bonds. The number of methoxy groups -OCH3 is 1. The van der Waals surface area contributed by atoms with Crippen LogP contribution in [-0.4, -0.2) is 74.3 Å². The maximum absolute atomic E-state index is 10.0. The van der Waals surface area contributed by atoms with Gasteiger partial charge in [0.25, 0.3) is 0 Å². The molecule has 0 aromatic carbocycles. The predicted octanol–water partition coefficient (Wildman–Crippen LogP) is 0.0826. The lowest BCUT2D eigenvalue weighted by atomic mass is 10.00. The lowest BCUT2D eigenvalue weighted by molar-refractivity contribution is -0.0506. The molecule has 5 heteroatoms. The van der Waals surface area contributed by atoms with E-state index in [1.54, 1.807) is 7.11 Å². The smallest absolute Gasteiger partial charge is 0.0900 e. The van der Waals surface area contributed by atoms with Crippen molar-refractivity contribution in [1.29, 1.82) is 0 Å². The fourth-order valence-electron chi connectivity index (χ4n) is 2.23. The molecule has 1 aliphatic rings. The van der Waals surface area contributed by atoms with Crippen molar-refractivity contribution in [3.05, 3.63) is 0 Å². The molecular weight excluding hydrogens is 232 g/mol. The summed E-state index contributed by atoms with van der Waals surface area (Å²) in [5.74, 6) is 0. The third kappa shape index (κ3) is 5.20. The zero-order valence-corrected chi connectivity index (χ0v) is 12.1. The molecular formula is C13H28N2O3. The molecule has 2 unspecified atom stereocenters. The van der Waals surface area contributed by atoms with Gasteiger partial charge in [-0.3, -0.25) is 4.90 Å². The molecule has 2 N–H and O–H groups in total. The van der Waals surface area contributed by atoms with E-state index in [2.05, 4.69) is 24.1 Å². The first kappa shape index (κ1) is 15.9. The van der Waals surface area contributed by atoms with Gasteiger partial charge in [-0.05, 0) is 20.8 Å². The molecule has 1 saturated heterocycles. The molecule has 1 fully saturated rings. The minimum absolute atomic E-state index is 0.0284. The van der Waals surface area contributed by atoms with Crippen molar-refractivity contribution in [2.75, 3.05) is 46.5 Å². The molecule has 18 heavy (non-hydrogen) atoms. The van der Waals surface area contributed by atoms with Gasteiger partial charge in [0.1, 0.15) is 0 Å². The summed E-state index contributed by atoms with van der Waals surface area (Å²) >= 11 is 0. The second kappa shape index (κ2) is 7.40. The zero-order valence-electron chi connectivity index (χ0n) is 12.1. The second-order valence-electron chi connectivity index (χ2n) is 5.69. The second-order valence-corrected chi connectivity index (χ2v) is 5.69. The van der Waals surface area contributed by atoms with Crippen molar-refractivity contribution in [2.45, 2.75) is 38.5 Å². The molecule has 2 atom stereocenters. The molecule has 0 spiro atoms. The number of ether oxygens (including phenoxy) is 2. The van der Waals surface area contributed by atoms with E-state index in [1.165, 1.54) is 0 Å². The van der Waals surface area contributed by atoms with Gasteiger partial charge < -0.3 is 19.9 Å². The monoisotopic (exact) mass is 260 g/mol. The zero-order chi connectivity index (χ0) is 13.6.